The first-order valence-electron chi connectivity index (χ1n) is 9.06. The molecule has 26 heavy (non-hydrogen) atoms. The van der Waals surface area contributed by atoms with Crippen LogP contribution in [-0.4, -0.2) is 46.9 Å². The number of hydrogen-bond acceptors (Lipinski definition) is 4. The van der Waals surface area contributed by atoms with Crippen LogP contribution in [0.2, 0.25) is 0 Å². The van der Waals surface area contributed by atoms with Crippen LogP contribution in [-0.2, 0) is 16.6 Å². The van der Waals surface area contributed by atoms with E-state index in [-0.39, 0.29) is 5.75 Å². The Morgan fingerprint density at radius 2 is 1.96 bits per heavy atom. The van der Waals surface area contributed by atoms with Crippen LogP contribution in [0.3, 0.4) is 0 Å². The fourth-order valence-electron chi connectivity index (χ4n) is 2.18. The van der Waals surface area contributed by atoms with E-state index in [0.717, 1.165) is 23.3 Å². The van der Waals surface area contributed by atoms with Crippen molar-refractivity contribution in [1.29, 1.82) is 0 Å². The molecule has 0 aliphatic rings. The molecular formula is C18H32N4O3S. The Labute approximate surface area is 157 Å². The molecule has 0 aliphatic carbocycles. The zero-order valence-corrected chi connectivity index (χ0v) is 17.1. The summed E-state index contributed by atoms with van der Waals surface area (Å²) in [7, 11) is -1.42. The number of aliphatic imine (C=N–C) groups is 1. The van der Waals surface area contributed by atoms with Crippen molar-refractivity contribution < 1.29 is 13.2 Å². The number of guanidine groups is 1. The molecule has 0 heterocycles. The number of hydrogen-bond donors (Lipinski definition) is 3. The molecule has 1 aromatic carbocycles. The number of nitrogens with zero attached hydrogens (tertiary/aromatic N) is 1. The first-order chi connectivity index (χ1) is 12.4. The second-order valence-electron chi connectivity index (χ2n) is 5.96. The van der Waals surface area contributed by atoms with Gasteiger partial charge in [0.15, 0.2) is 5.96 Å². The number of aryl methyl sites for hydroxylation is 1. The summed E-state index contributed by atoms with van der Waals surface area (Å²) in [4.78, 5) is 4.19. The molecule has 0 bridgehead atoms. The highest BCUT2D eigenvalue weighted by Gasteiger charge is 2.07. The summed E-state index contributed by atoms with van der Waals surface area (Å²) in [6.45, 7) is 8.07. The summed E-state index contributed by atoms with van der Waals surface area (Å²) in [6, 6.07) is 6.16. The van der Waals surface area contributed by atoms with Gasteiger partial charge in [-0.3, -0.25) is 4.99 Å². The lowest BCUT2D eigenvalue weighted by atomic mass is 10.1. The van der Waals surface area contributed by atoms with Crippen LogP contribution in [0.25, 0.3) is 0 Å². The highest BCUT2D eigenvalue weighted by atomic mass is 32.2. The topological polar surface area (TPSA) is 91.8 Å². The minimum Gasteiger partial charge on any atom is -0.493 e. The second kappa shape index (κ2) is 11.7. The standard InChI is InChI=1S/C18H32N4O3S/c1-5-12-25-17-13-15(3)8-9-16(17)14-21-18(19-4)20-10-7-11-22-26(23,24)6-2/h8-9,13,22H,5-7,10-12,14H2,1-4H3,(H2,19,20,21). The lowest BCUT2D eigenvalue weighted by Crippen LogP contribution is -2.38. The van der Waals surface area contributed by atoms with E-state index in [0.29, 0.717) is 38.6 Å². The van der Waals surface area contributed by atoms with E-state index in [4.69, 9.17) is 4.74 Å². The van der Waals surface area contributed by atoms with Gasteiger partial charge in [-0.25, -0.2) is 13.1 Å². The van der Waals surface area contributed by atoms with Crippen molar-refractivity contribution in [1.82, 2.24) is 15.4 Å². The van der Waals surface area contributed by atoms with Crippen molar-refractivity contribution in [2.75, 3.05) is 32.5 Å². The van der Waals surface area contributed by atoms with Gasteiger partial charge in [0.25, 0.3) is 0 Å². The highest BCUT2D eigenvalue weighted by Crippen LogP contribution is 2.20. The van der Waals surface area contributed by atoms with Crippen molar-refractivity contribution in [2.24, 2.45) is 4.99 Å². The van der Waals surface area contributed by atoms with Crippen LogP contribution in [0, 0.1) is 6.92 Å². The average molecular weight is 385 g/mol. The first kappa shape index (κ1) is 22.2. The minimum absolute atomic E-state index is 0.0998. The molecule has 0 unspecified atom stereocenters. The maximum absolute atomic E-state index is 11.4. The average Bonchev–Trinajstić information content (AvgIpc) is 2.63. The third-order valence-electron chi connectivity index (χ3n) is 3.70. The number of benzene rings is 1. The van der Waals surface area contributed by atoms with Crippen LogP contribution in [0.15, 0.2) is 23.2 Å². The molecule has 1 rings (SSSR count). The van der Waals surface area contributed by atoms with Gasteiger partial charge in [0.05, 0.1) is 12.4 Å². The summed E-state index contributed by atoms with van der Waals surface area (Å²) in [5.74, 6) is 1.66. The molecule has 0 amide bonds. The summed E-state index contributed by atoms with van der Waals surface area (Å²) < 4.78 is 31.1. The molecule has 148 valence electrons. The van der Waals surface area contributed by atoms with Crippen molar-refractivity contribution in [3.63, 3.8) is 0 Å². The molecule has 0 aliphatic heterocycles. The summed E-state index contributed by atoms with van der Waals surface area (Å²) >= 11 is 0. The Kier molecular flexibility index (Phi) is 10.0. The van der Waals surface area contributed by atoms with Gasteiger partial charge in [-0.15, -0.1) is 0 Å². The molecular weight excluding hydrogens is 352 g/mol. The maximum atomic E-state index is 11.4. The fourth-order valence-corrected chi connectivity index (χ4v) is 2.84. The van der Waals surface area contributed by atoms with Gasteiger partial charge in [-0.05, 0) is 38.3 Å². The van der Waals surface area contributed by atoms with Crippen LogP contribution in [0.1, 0.15) is 37.8 Å². The van der Waals surface area contributed by atoms with E-state index in [1.807, 2.05) is 13.0 Å². The van der Waals surface area contributed by atoms with Gasteiger partial charge in [0.1, 0.15) is 5.75 Å². The number of ether oxygens (including phenoxy) is 1. The Morgan fingerprint density at radius 1 is 1.19 bits per heavy atom. The number of rotatable bonds is 11. The quantitative estimate of drug-likeness (QED) is 0.307. The highest BCUT2D eigenvalue weighted by molar-refractivity contribution is 7.89. The molecule has 1 aromatic rings. The molecule has 3 N–H and O–H groups in total. The molecule has 0 fully saturated rings. The Hall–Kier alpha value is -1.80. The number of sulfonamides is 1. The molecule has 0 aromatic heterocycles. The fraction of sp³-hybridized carbons (Fsp3) is 0.611. The van der Waals surface area contributed by atoms with E-state index < -0.39 is 10.0 Å². The second-order valence-corrected chi connectivity index (χ2v) is 8.06. The zero-order chi connectivity index (χ0) is 19.4. The minimum atomic E-state index is -3.13. The predicted octanol–water partition coefficient (Wildman–Crippen LogP) is 1.78. The van der Waals surface area contributed by atoms with Crippen LogP contribution in [0.5, 0.6) is 5.75 Å². The van der Waals surface area contributed by atoms with Crippen molar-refractivity contribution in [3.05, 3.63) is 29.3 Å². The zero-order valence-electron chi connectivity index (χ0n) is 16.3. The van der Waals surface area contributed by atoms with Crippen LogP contribution >= 0.6 is 0 Å². The monoisotopic (exact) mass is 384 g/mol. The van der Waals surface area contributed by atoms with Gasteiger partial charge in [0, 0.05) is 32.2 Å². The largest absolute Gasteiger partial charge is 0.493 e. The Balaban J connectivity index is 2.45. The maximum Gasteiger partial charge on any atom is 0.211 e. The summed E-state index contributed by atoms with van der Waals surface area (Å²) in [6.07, 6.45) is 1.64. The molecule has 7 nitrogen and oxygen atoms in total. The molecule has 0 saturated heterocycles. The molecule has 0 saturated carbocycles. The summed E-state index contributed by atoms with van der Waals surface area (Å²) in [5, 5.41) is 6.44. The van der Waals surface area contributed by atoms with Crippen LogP contribution < -0.4 is 20.1 Å². The van der Waals surface area contributed by atoms with Gasteiger partial charge >= 0.3 is 0 Å². The van der Waals surface area contributed by atoms with Crippen molar-refractivity contribution in [2.45, 2.75) is 40.2 Å². The third-order valence-corrected chi connectivity index (χ3v) is 5.11. The van der Waals surface area contributed by atoms with Crippen molar-refractivity contribution in [3.8, 4) is 5.75 Å². The lowest BCUT2D eigenvalue weighted by molar-refractivity contribution is 0.313. The smallest absolute Gasteiger partial charge is 0.211 e. The molecule has 0 spiro atoms. The van der Waals surface area contributed by atoms with E-state index in [9.17, 15) is 8.42 Å². The van der Waals surface area contributed by atoms with Gasteiger partial charge < -0.3 is 15.4 Å². The normalized spacial score (nSPS) is 12.1. The first-order valence-corrected chi connectivity index (χ1v) is 10.7. The third kappa shape index (κ3) is 8.53. The molecule has 0 radical (unpaired) electrons. The van der Waals surface area contributed by atoms with E-state index >= 15 is 0 Å². The Bertz CT molecular complexity index is 675. The van der Waals surface area contributed by atoms with Crippen LogP contribution in [0.4, 0.5) is 0 Å². The Morgan fingerprint density at radius 3 is 2.62 bits per heavy atom. The predicted molar refractivity (Wildman–Crippen MR) is 107 cm³/mol. The lowest BCUT2D eigenvalue weighted by Gasteiger charge is -2.15. The van der Waals surface area contributed by atoms with Gasteiger partial charge in [-0.1, -0.05) is 19.1 Å². The van der Waals surface area contributed by atoms with Gasteiger partial charge in [0.2, 0.25) is 10.0 Å². The number of nitrogens with one attached hydrogen (secondary N) is 3. The summed E-state index contributed by atoms with van der Waals surface area (Å²) in [5.41, 5.74) is 2.24. The van der Waals surface area contributed by atoms with E-state index in [1.165, 1.54) is 0 Å². The molecule has 0 atom stereocenters. The van der Waals surface area contributed by atoms with E-state index in [2.05, 4.69) is 39.4 Å². The van der Waals surface area contributed by atoms with Crippen molar-refractivity contribution >= 4 is 16.0 Å². The molecule has 8 heteroatoms. The SMILES string of the molecule is CCCOc1cc(C)ccc1CNC(=NC)NCCCNS(=O)(=O)CC. The van der Waals surface area contributed by atoms with E-state index in [1.54, 1.807) is 14.0 Å². The van der Waals surface area contributed by atoms with Gasteiger partial charge in [-0.2, -0.15) is 0 Å².